The summed E-state index contributed by atoms with van der Waals surface area (Å²) in [5, 5.41) is 109. The van der Waals surface area contributed by atoms with E-state index in [1.165, 1.54) is 31.9 Å². The predicted octanol–water partition coefficient (Wildman–Crippen LogP) is -2.59. The van der Waals surface area contributed by atoms with E-state index in [1.54, 1.807) is 0 Å². The largest absolute Gasteiger partial charge is 0.508 e. The second kappa shape index (κ2) is 27.7. The van der Waals surface area contributed by atoms with E-state index in [9.17, 15) is 79.5 Å². The Morgan fingerprint density at radius 3 is 1.94 bits per heavy atom. The van der Waals surface area contributed by atoms with Crippen molar-refractivity contribution in [1.82, 2.24) is 36.4 Å². The highest BCUT2D eigenvalue weighted by molar-refractivity contribution is 5.98. The molecule has 14 N–H and O–H groups in total. The lowest BCUT2D eigenvalue weighted by atomic mass is 9.97. The first-order chi connectivity index (χ1) is 33.6. The van der Waals surface area contributed by atoms with Crippen molar-refractivity contribution in [2.75, 3.05) is 19.7 Å². The fraction of sp³-hybridized carbons (Fsp3) is 0.729. The van der Waals surface area contributed by atoms with Crippen LogP contribution in [0.1, 0.15) is 123 Å². The van der Waals surface area contributed by atoms with Crippen molar-refractivity contribution in [3.05, 3.63) is 29.8 Å². The molecule has 15 atom stereocenters. The van der Waals surface area contributed by atoms with Crippen molar-refractivity contribution in [2.45, 2.75) is 190 Å². The van der Waals surface area contributed by atoms with E-state index < -0.39 is 152 Å². The molecule has 4 rings (SSSR count). The highest BCUT2D eigenvalue weighted by Crippen LogP contribution is 2.27. The molecule has 0 aliphatic carbocycles. The van der Waals surface area contributed by atoms with Gasteiger partial charge in [0.05, 0.1) is 24.9 Å². The summed E-state index contributed by atoms with van der Waals surface area (Å²) in [5.74, 6) is -8.20. The van der Waals surface area contributed by atoms with Crippen molar-refractivity contribution in [3.63, 3.8) is 0 Å². The number of hydrogen-bond donors (Lipinski definition) is 14. The van der Waals surface area contributed by atoms with Gasteiger partial charge in [0, 0.05) is 38.3 Å². The molecule has 1 unspecified atom stereocenters. The zero-order valence-corrected chi connectivity index (χ0v) is 41.1. The summed E-state index contributed by atoms with van der Waals surface area (Å²) in [7, 11) is 0. The van der Waals surface area contributed by atoms with E-state index in [2.05, 4.69) is 40.4 Å². The smallest absolute Gasteiger partial charge is 0.248 e. The van der Waals surface area contributed by atoms with Crippen LogP contribution in [0, 0.1) is 11.8 Å². The topological polar surface area (TPSA) is 368 Å². The summed E-state index contributed by atoms with van der Waals surface area (Å²) in [6.07, 6.45) is -4.65. The Bertz CT molecular complexity index is 1950. The van der Waals surface area contributed by atoms with Crippen LogP contribution in [-0.2, 0) is 33.6 Å². The summed E-state index contributed by atoms with van der Waals surface area (Å²) in [6.45, 7) is 5.00. The number of nitrogens with zero attached hydrogens (tertiary/aromatic N) is 2. The molecular weight excluding hydrogens is 931 g/mol. The third-order valence-electron chi connectivity index (χ3n) is 13.8. The predicted molar refractivity (Wildman–Crippen MR) is 253 cm³/mol. The molecule has 3 aliphatic heterocycles. The average Bonchev–Trinajstić information content (AvgIpc) is 3.88. The van der Waals surface area contributed by atoms with Gasteiger partial charge in [0.25, 0.3) is 0 Å². The van der Waals surface area contributed by atoms with Gasteiger partial charge >= 0.3 is 0 Å². The van der Waals surface area contributed by atoms with Crippen molar-refractivity contribution in [2.24, 2.45) is 11.8 Å². The number of amides is 7. The fourth-order valence-corrected chi connectivity index (χ4v) is 9.17. The molecular formula is C48H77N7O16. The number of nitrogens with one attached hydrogen (secondary N) is 5. The van der Waals surface area contributed by atoms with Crippen molar-refractivity contribution < 1.29 is 79.5 Å². The monoisotopic (exact) mass is 1010 g/mol. The third-order valence-corrected chi connectivity index (χ3v) is 13.8. The van der Waals surface area contributed by atoms with Gasteiger partial charge in [-0.25, -0.2) is 0 Å². The van der Waals surface area contributed by atoms with E-state index in [1.807, 2.05) is 0 Å². The first-order valence-corrected chi connectivity index (χ1v) is 24.9. The van der Waals surface area contributed by atoms with E-state index >= 15 is 0 Å². The van der Waals surface area contributed by atoms with Crippen LogP contribution >= 0.6 is 0 Å². The molecule has 400 valence electrons. The molecule has 0 saturated carbocycles. The zero-order chi connectivity index (χ0) is 52.7. The first-order valence-electron chi connectivity index (χ1n) is 24.9. The van der Waals surface area contributed by atoms with Crippen LogP contribution in [0.3, 0.4) is 0 Å². The molecule has 3 fully saturated rings. The van der Waals surface area contributed by atoms with Crippen LogP contribution < -0.4 is 26.6 Å². The molecule has 0 radical (unpaired) electrons. The number of hydrogen-bond acceptors (Lipinski definition) is 16. The van der Waals surface area contributed by atoms with Crippen LogP contribution in [-0.4, -0.2) is 190 Å². The average molecular weight is 1010 g/mol. The van der Waals surface area contributed by atoms with Gasteiger partial charge in [-0.05, 0) is 37.0 Å². The highest BCUT2D eigenvalue weighted by Gasteiger charge is 2.49. The summed E-state index contributed by atoms with van der Waals surface area (Å²) in [5.41, 5.74) is -0.0577. The van der Waals surface area contributed by atoms with Gasteiger partial charge < -0.3 is 82.3 Å². The Kier molecular flexibility index (Phi) is 22.9. The summed E-state index contributed by atoms with van der Waals surface area (Å²) >= 11 is 0. The minimum atomic E-state index is -2.26. The molecule has 3 heterocycles. The van der Waals surface area contributed by atoms with Crippen LogP contribution in [0.2, 0.25) is 0 Å². The minimum absolute atomic E-state index is 0.0508. The van der Waals surface area contributed by atoms with Crippen LogP contribution in [0.4, 0.5) is 0 Å². The summed E-state index contributed by atoms with van der Waals surface area (Å²) in [4.78, 5) is 99.4. The molecule has 3 aliphatic rings. The molecule has 23 heteroatoms. The van der Waals surface area contributed by atoms with Gasteiger partial charge in [-0.15, -0.1) is 0 Å². The Morgan fingerprint density at radius 1 is 0.732 bits per heavy atom. The lowest BCUT2D eigenvalue weighted by Crippen LogP contribution is -2.63. The van der Waals surface area contributed by atoms with Crippen molar-refractivity contribution in [1.29, 1.82) is 0 Å². The van der Waals surface area contributed by atoms with Gasteiger partial charge in [-0.3, -0.25) is 33.6 Å². The molecule has 3 saturated heterocycles. The number of aliphatic hydroxyl groups excluding tert-OH is 8. The number of fused-ring (bicyclic) bond motifs is 2. The van der Waals surface area contributed by atoms with Gasteiger partial charge in [0.2, 0.25) is 41.4 Å². The number of carbonyl (C=O) groups excluding carboxylic acids is 7. The van der Waals surface area contributed by atoms with E-state index in [0.29, 0.717) is 18.8 Å². The molecule has 0 aromatic heterocycles. The first kappa shape index (κ1) is 58.6. The number of benzene rings is 1. The number of phenols is 1. The van der Waals surface area contributed by atoms with Crippen LogP contribution in [0.25, 0.3) is 0 Å². The third kappa shape index (κ3) is 16.2. The summed E-state index contributed by atoms with van der Waals surface area (Å²) in [6, 6.07) is -6.51. The molecule has 1 aromatic carbocycles. The quantitative estimate of drug-likeness (QED) is 0.0672. The second-order valence-corrected chi connectivity index (χ2v) is 19.5. The number of aromatic hydroxyl groups is 1. The van der Waals surface area contributed by atoms with Crippen LogP contribution in [0.15, 0.2) is 24.3 Å². The van der Waals surface area contributed by atoms with Crippen molar-refractivity contribution >= 4 is 41.4 Å². The lowest BCUT2D eigenvalue weighted by Gasteiger charge is -2.33. The van der Waals surface area contributed by atoms with Gasteiger partial charge in [0.1, 0.15) is 60.3 Å². The molecule has 71 heavy (non-hydrogen) atoms. The lowest BCUT2D eigenvalue weighted by molar-refractivity contribution is -0.147. The Morgan fingerprint density at radius 2 is 1.34 bits per heavy atom. The number of unbranched alkanes of at least 4 members (excludes halogenated alkanes) is 7. The van der Waals surface area contributed by atoms with Gasteiger partial charge in [0.15, 0.2) is 6.23 Å². The van der Waals surface area contributed by atoms with E-state index in [0.717, 1.165) is 67.4 Å². The standard InChI is InChI=1S/C48H77N7O16/c1-5-25(2)14-12-10-8-6-7-9-11-13-15-35(61)49-31-21-34(60)44(67)53-46(69)38-39(62)26(3)22-55(38)47(70)32(24-56)50-45(68)37(41(64)40(63)28-16-18-29(58)19-17-28)52-43(66)33-20-30(59)23-54(33)48(71)36(27(4)57)51-42(31)65/h16-19,25-27,30-34,36-41,44,56-60,62-64,67H,5-15,20-24H2,1-4H3,(H,49,61)(H,50,68)(H,51,65)(H,52,66)(H,53,69)/t25?,26-,27+,30+,31+,32-,33-,34+,36-,37-,38-,39-,40+,41+,44-/m0/s1. The molecule has 7 amide bonds. The SMILES string of the molecule is CCC(C)CCCCCCCCCCC(=O)N[C@@H]1C[C@@H](O)[C@H](O)NC(=O)[C@@H]2[C@@H](O)[C@@H](C)CN2C(=O)[C@H](CO)NC(=O)[C@H]([C@@H](O)[C@H](O)c2ccc(O)cc2)NC(=O)[C@@H]2C[C@@H](O)CN2C(=O)[C@H]([C@@H](C)O)NC1=O. The molecule has 0 spiro atoms. The maximum atomic E-state index is 14.3. The molecule has 0 bridgehead atoms. The normalized spacial score (nSPS) is 30.2. The maximum Gasteiger partial charge on any atom is 0.248 e. The van der Waals surface area contributed by atoms with E-state index in [4.69, 9.17) is 0 Å². The Labute approximate surface area is 413 Å². The maximum absolute atomic E-state index is 14.3. The highest BCUT2D eigenvalue weighted by atomic mass is 16.3. The Balaban J connectivity index is 1.65. The number of phenolic OH excluding ortho intramolecular Hbond substituents is 1. The molecule has 23 nitrogen and oxygen atoms in total. The summed E-state index contributed by atoms with van der Waals surface area (Å²) < 4.78 is 0. The second-order valence-electron chi connectivity index (χ2n) is 19.5. The number of rotatable bonds is 18. The zero-order valence-electron chi connectivity index (χ0n) is 41.1. The van der Waals surface area contributed by atoms with Crippen molar-refractivity contribution in [3.8, 4) is 5.75 Å². The van der Waals surface area contributed by atoms with Gasteiger partial charge in [-0.1, -0.05) is 90.7 Å². The molecule has 1 aromatic rings. The number of aliphatic hydroxyl groups is 8. The number of carbonyl (C=O) groups is 7. The Hall–Kier alpha value is -5.01. The fourth-order valence-electron chi connectivity index (χ4n) is 9.17. The minimum Gasteiger partial charge on any atom is -0.508 e. The van der Waals surface area contributed by atoms with Crippen LogP contribution in [0.5, 0.6) is 5.75 Å². The van der Waals surface area contributed by atoms with E-state index in [-0.39, 0.29) is 24.3 Å². The van der Waals surface area contributed by atoms with Gasteiger partial charge in [-0.2, -0.15) is 0 Å².